The Hall–Kier alpha value is -3.32. The van der Waals surface area contributed by atoms with E-state index in [9.17, 15) is 13.2 Å². The standard InChI is InChI=1S/C29H31NO5S/c1-3-15-36(32,33)16-12-21-5-7-22(8-6-21)25-18-24(10-4-20(25)2)30-28(31)29(13-14-29)23-9-11-26-27(17-23)35-19-34-26/h4-11,17-18H,3,12-16,19H2,1-2H3,(H,30,31). The Morgan fingerprint density at radius 3 is 2.42 bits per heavy atom. The van der Waals surface area contributed by atoms with Crippen molar-refractivity contribution in [3.63, 3.8) is 0 Å². The van der Waals surface area contributed by atoms with Crippen molar-refractivity contribution in [3.05, 3.63) is 77.4 Å². The lowest BCUT2D eigenvalue weighted by molar-refractivity contribution is -0.118. The number of ether oxygens (including phenoxy) is 2. The summed E-state index contributed by atoms with van der Waals surface area (Å²) in [5, 5.41) is 3.13. The molecule has 0 unspecified atom stereocenters. The molecule has 1 N–H and O–H groups in total. The fourth-order valence-electron chi connectivity index (χ4n) is 4.76. The number of sulfone groups is 1. The molecule has 0 spiro atoms. The third kappa shape index (κ3) is 4.98. The molecule has 1 aliphatic carbocycles. The van der Waals surface area contributed by atoms with Crippen molar-refractivity contribution in [2.75, 3.05) is 23.6 Å². The number of amides is 1. The van der Waals surface area contributed by atoms with Gasteiger partial charge >= 0.3 is 0 Å². The van der Waals surface area contributed by atoms with Crippen LogP contribution in [0.5, 0.6) is 11.5 Å². The van der Waals surface area contributed by atoms with Crippen molar-refractivity contribution in [2.24, 2.45) is 0 Å². The van der Waals surface area contributed by atoms with Crippen molar-refractivity contribution >= 4 is 21.4 Å². The van der Waals surface area contributed by atoms with Crippen molar-refractivity contribution in [3.8, 4) is 22.6 Å². The van der Waals surface area contributed by atoms with Gasteiger partial charge < -0.3 is 14.8 Å². The number of fused-ring (bicyclic) bond motifs is 1. The first-order chi connectivity index (χ1) is 17.3. The van der Waals surface area contributed by atoms with E-state index in [-0.39, 0.29) is 24.2 Å². The van der Waals surface area contributed by atoms with E-state index in [4.69, 9.17) is 9.47 Å². The highest BCUT2D eigenvalue weighted by atomic mass is 32.2. The lowest BCUT2D eigenvalue weighted by atomic mass is 9.94. The summed E-state index contributed by atoms with van der Waals surface area (Å²) in [4.78, 5) is 13.3. The zero-order chi connectivity index (χ0) is 25.3. The molecule has 3 aromatic carbocycles. The van der Waals surface area contributed by atoms with Gasteiger partial charge in [-0.2, -0.15) is 0 Å². The Balaban J connectivity index is 1.30. The number of hydrogen-bond donors (Lipinski definition) is 1. The second kappa shape index (κ2) is 9.62. The van der Waals surface area contributed by atoms with Crippen molar-refractivity contribution in [1.29, 1.82) is 0 Å². The summed E-state index contributed by atoms with van der Waals surface area (Å²) in [5.41, 5.74) is 5.33. The molecule has 1 aliphatic heterocycles. The summed E-state index contributed by atoms with van der Waals surface area (Å²) in [7, 11) is -3.00. The molecule has 0 bridgehead atoms. The summed E-state index contributed by atoms with van der Waals surface area (Å²) in [5.74, 6) is 1.80. The topological polar surface area (TPSA) is 81.7 Å². The minimum Gasteiger partial charge on any atom is -0.454 e. The molecule has 188 valence electrons. The summed E-state index contributed by atoms with van der Waals surface area (Å²) in [6, 6.07) is 19.7. The number of carbonyl (C=O) groups excluding carboxylic acids is 1. The van der Waals surface area contributed by atoms with Crippen LogP contribution >= 0.6 is 0 Å². The molecule has 7 heteroatoms. The number of hydrogen-bond acceptors (Lipinski definition) is 5. The lowest BCUT2D eigenvalue weighted by Crippen LogP contribution is -2.27. The second-order valence-electron chi connectivity index (χ2n) is 9.73. The Bertz CT molecular complexity index is 1390. The summed E-state index contributed by atoms with van der Waals surface area (Å²) in [6.45, 7) is 4.14. The van der Waals surface area contributed by atoms with E-state index >= 15 is 0 Å². The van der Waals surface area contributed by atoms with Crippen LogP contribution in [0.2, 0.25) is 0 Å². The molecule has 2 aliphatic rings. The van der Waals surface area contributed by atoms with Crippen LogP contribution in [0, 0.1) is 6.92 Å². The molecule has 3 aromatic rings. The molecule has 0 radical (unpaired) electrons. The molecule has 1 heterocycles. The molecule has 0 saturated heterocycles. The van der Waals surface area contributed by atoms with E-state index in [0.717, 1.165) is 46.3 Å². The highest BCUT2D eigenvalue weighted by Crippen LogP contribution is 2.51. The van der Waals surface area contributed by atoms with Crippen LogP contribution in [-0.2, 0) is 26.5 Å². The largest absolute Gasteiger partial charge is 0.454 e. The monoisotopic (exact) mass is 505 g/mol. The van der Waals surface area contributed by atoms with Crippen LogP contribution in [-0.4, -0.2) is 32.6 Å². The molecular weight excluding hydrogens is 474 g/mol. The Kier molecular flexibility index (Phi) is 6.51. The highest BCUT2D eigenvalue weighted by molar-refractivity contribution is 7.91. The van der Waals surface area contributed by atoms with E-state index in [1.54, 1.807) is 0 Å². The SMILES string of the molecule is CCCS(=O)(=O)CCc1ccc(-c2cc(NC(=O)C3(c4ccc5c(c4)OCO5)CC3)ccc2C)cc1. The van der Waals surface area contributed by atoms with Gasteiger partial charge in [-0.3, -0.25) is 4.79 Å². The van der Waals surface area contributed by atoms with Gasteiger partial charge in [0, 0.05) is 11.4 Å². The number of aryl methyl sites for hydroxylation is 2. The van der Waals surface area contributed by atoms with Gasteiger partial charge in [-0.25, -0.2) is 8.42 Å². The van der Waals surface area contributed by atoms with Crippen LogP contribution in [0.4, 0.5) is 5.69 Å². The molecule has 36 heavy (non-hydrogen) atoms. The van der Waals surface area contributed by atoms with Crippen LogP contribution < -0.4 is 14.8 Å². The number of nitrogens with one attached hydrogen (secondary N) is 1. The zero-order valence-electron chi connectivity index (χ0n) is 20.7. The minimum atomic E-state index is -3.00. The summed E-state index contributed by atoms with van der Waals surface area (Å²) in [6.07, 6.45) is 2.75. The molecule has 1 amide bonds. The van der Waals surface area contributed by atoms with E-state index in [2.05, 4.69) is 5.32 Å². The smallest absolute Gasteiger partial charge is 0.235 e. The molecular formula is C29H31NO5S. The van der Waals surface area contributed by atoms with Gasteiger partial charge in [0.25, 0.3) is 0 Å². The van der Waals surface area contributed by atoms with Crippen molar-refractivity contribution in [1.82, 2.24) is 0 Å². The highest BCUT2D eigenvalue weighted by Gasteiger charge is 2.51. The number of rotatable bonds is 9. The third-order valence-corrected chi connectivity index (χ3v) is 8.94. The molecule has 5 rings (SSSR count). The first-order valence-corrected chi connectivity index (χ1v) is 14.2. The van der Waals surface area contributed by atoms with Gasteiger partial charge in [0.15, 0.2) is 21.3 Å². The van der Waals surface area contributed by atoms with Gasteiger partial charge in [0.05, 0.1) is 11.2 Å². The molecule has 1 saturated carbocycles. The van der Waals surface area contributed by atoms with Crippen molar-refractivity contribution in [2.45, 2.75) is 44.9 Å². The fraction of sp³-hybridized carbons (Fsp3) is 0.345. The third-order valence-electron chi connectivity index (χ3n) is 7.09. The zero-order valence-corrected chi connectivity index (χ0v) is 21.5. The lowest BCUT2D eigenvalue weighted by Gasteiger charge is -2.17. The van der Waals surface area contributed by atoms with Gasteiger partial charge in [-0.15, -0.1) is 0 Å². The van der Waals surface area contributed by atoms with E-state index in [1.165, 1.54) is 0 Å². The van der Waals surface area contributed by atoms with Gasteiger partial charge in [0.2, 0.25) is 12.7 Å². The fourth-order valence-corrected chi connectivity index (χ4v) is 6.14. The van der Waals surface area contributed by atoms with Crippen LogP contribution in [0.3, 0.4) is 0 Å². The molecule has 0 aromatic heterocycles. The first kappa shape index (κ1) is 24.4. The van der Waals surface area contributed by atoms with Crippen LogP contribution in [0.1, 0.15) is 42.9 Å². The normalized spacial score (nSPS) is 15.5. The van der Waals surface area contributed by atoms with Gasteiger partial charge in [-0.05, 0) is 84.7 Å². The van der Waals surface area contributed by atoms with Gasteiger partial charge in [-0.1, -0.05) is 43.3 Å². The van der Waals surface area contributed by atoms with E-state index < -0.39 is 15.3 Å². The summed E-state index contributed by atoms with van der Waals surface area (Å²) < 4.78 is 35.0. The molecule has 0 atom stereocenters. The maximum Gasteiger partial charge on any atom is 0.235 e. The number of anilines is 1. The predicted octanol–water partition coefficient (Wildman–Crippen LogP) is 5.43. The number of carbonyl (C=O) groups is 1. The average Bonchev–Trinajstić information content (AvgIpc) is 3.55. The maximum absolute atomic E-state index is 13.3. The van der Waals surface area contributed by atoms with E-state index in [1.807, 2.05) is 74.5 Å². The average molecular weight is 506 g/mol. The van der Waals surface area contributed by atoms with Crippen LogP contribution in [0.15, 0.2) is 60.7 Å². The van der Waals surface area contributed by atoms with E-state index in [0.29, 0.717) is 24.3 Å². The first-order valence-electron chi connectivity index (χ1n) is 12.4. The van der Waals surface area contributed by atoms with Crippen LogP contribution in [0.25, 0.3) is 11.1 Å². The molecule has 1 fully saturated rings. The second-order valence-corrected chi connectivity index (χ2v) is 12.0. The Morgan fingerprint density at radius 1 is 0.944 bits per heavy atom. The molecule has 6 nitrogen and oxygen atoms in total. The minimum absolute atomic E-state index is 0.0141. The number of benzene rings is 3. The Morgan fingerprint density at radius 2 is 1.69 bits per heavy atom. The summed E-state index contributed by atoms with van der Waals surface area (Å²) >= 11 is 0. The quantitative estimate of drug-likeness (QED) is 0.419. The maximum atomic E-state index is 13.3. The Labute approximate surface area is 212 Å². The van der Waals surface area contributed by atoms with Crippen molar-refractivity contribution < 1.29 is 22.7 Å². The predicted molar refractivity (Wildman–Crippen MR) is 141 cm³/mol. The van der Waals surface area contributed by atoms with Gasteiger partial charge in [0.1, 0.15) is 0 Å².